The summed E-state index contributed by atoms with van der Waals surface area (Å²) < 4.78 is 1.69. The molecule has 1 aromatic carbocycles. The third kappa shape index (κ3) is 4.85. The minimum Gasteiger partial charge on any atom is -0.385 e. The second kappa shape index (κ2) is 8.39. The Kier molecular flexibility index (Phi) is 6.19. The SMILES string of the molecule is CCCCCCCCNc1ccc(-n2cnnn2)c(C)c1. The van der Waals surface area contributed by atoms with Crippen LogP contribution in [-0.4, -0.2) is 26.8 Å². The Hall–Kier alpha value is -1.91. The van der Waals surface area contributed by atoms with Crippen molar-refractivity contribution in [2.45, 2.75) is 52.4 Å². The highest BCUT2D eigenvalue weighted by Gasteiger charge is 2.03. The van der Waals surface area contributed by atoms with E-state index in [1.165, 1.54) is 38.5 Å². The Morgan fingerprint density at radius 3 is 2.62 bits per heavy atom. The molecule has 0 fully saturated rings. The maximum absolute atomic E-state index is 3.92. The molecule has 0 radical (unpaired) electrons. The van der Waals surface area contributed by atoms with E-state index < -0.39 is 0 Å². The molecule has 1 N–H and O–H groups in total. The molecule has 0 amide bonds. The lowest BCUT2D eigenvalue weighted by Gasteiger charge is -2.10. The standard InChI is InChI=1S/C16H25N5/c1-3-4-5-6-7-8-11-17-15-9-10-16(14(2)12-15)21-13-18-19-20-21/h9-10,12-13,17H,3-8,11H2,1-2H3. The third-order valence-electron chi connectivity index (χ3n) is 3.65. The number of nitrogens with zero attached hydrogens (tertiary/aromatic N) is 4. The number of hydrogen-bond acceptors (Lipinski definition) is 4. The number of benzene rings is 1. The van der Waals surface area contributed by atoms with Crippen molar-refractivity contribution < 1.29 is 0 Å². The number of aromatic nitrogens is 4. The highest BCUT2D eigenvalue weighted by Crippen LogP contribution is 2.18. The van der Waals surface area contributed by atoms with Gasteiger partial charge in [-0.2, -0.15) is 0 Å². The highest BCUT2D eigenvalue weighted by atomic mass is 15.5. The molecule has 0 saturated carbocycles. The average Bonchev–Trinajstić information content (AvgIpc) is 3.00. The largest absolute Gasteiger partial charge is 0.385 e. The number of rotatable bonds is 9. The first-order valence-electron chi connectivity index (χ1n) is 7.89. The van der Waals surface area contributed by atoms with Crippen molar-refractivity contribution in [1.29, 1.82) is 0 Å². The van der Waals surface area contributed by atoms with Gasteiger partial charge in [0.05, 0.1) is 5.69 Å². The fourth-order valence-electron chi connectivity index (χ4n) is 2.43. The molecule has 0 atom stereocenters. The monoisotopic (exact) mass is 287 g/mol. The van der Waals surface area contributed by atoms with Crippen LogP contribution < -0.4 is 5.32 Å². The van der Waals surface area contributed by atoms with Crippen molar-refractivity contribution >= 4 is 5.69 Å². The Balaban J connectivity index is 1.76. The lowest BCUT2D eigenvalue weighted by atomic mass is 10.1. The van der Waals surface area contributed by atoms with Gasteiger partial charge in [-0.05, 0) is 47.5 Å². The molecule has 0 bridgehead atoms. The fourth-order valence-corrected chi connectivity index (χ4v) is 2.43. The van der Waals surface area contributed by atoms with Gasteiger partial charge >= 0.3 is 0 Å². The molecule has 0 aliphatic carbocycles. The molecule has 1 aromatic heterocycles. The Morgan fingerprint density at radius 1 is 1.10 bits per heavy atom. The van der Waals surface area contributed by atoms with Gasteiger partial charge in [-0.25, -0.2) is 4.68 Å². The van der Waals surface area contributed by atoms with E-state index >= 15 is 0 Å². The van der Waals surface area contributed by atoms with E-state index in [0.29, 0.717) is 0 Å². The van der Waals surface area contributed by atoms with Crippen molar-refractivity contribution in [3.63, 3.8) is 0 Å². The number of aryl methyl sites for hydroxylation is 1. The predicted molar refractivity (Wildman–Crippen MR) is 85.8 cm³/mol. The zero-order valence-electron chi connectivity index (χ0n) is 13.0. The smallest absolute Gasteiger partial charge is 0.143 e. The number of hydrogen-bond donors (Lipinski definition) is 1. The van der Waals surface area contributed by atoms with Gasteiger partial charge in [0, 0.05) is 12.2 Å². The van der Waals surface area contributed by atoms with Gasteiger partial charge in [-0.15, -0.1) is 5.10 Å². The van der Waals surface area contributed by atoms with Gasteiger partial charge in [-0.3, -0.25) is 0 Å². The minimum absolute atomic E-state index is 1.02. The van der Waals surface area contributed by atoms with E-state index in [4.69, 9.17) is 0 Å². The molecule has 21 heavy (non-hydrogen) atoms. The molecule has 5 heteroatoms. The molecule has 114 valence electrons. The molecule has 0 aliphatic rings. The summed E-state index contributed by atoms with van der Waals surface area (Å²) in [5, 5.41) is 14.8. The van der Waals surface area contributed by atoms with Crippen LogP contribution in [0.3, 0.4) is 0 Å². The lowest BCUT2D eigenvalue weighted by Crippen LogP contribution is -2.03. The molecule has 0 unspecified atom stereocenters. The van der Waals surface area contributed by atoms with Gasteiger partial charge < -0.3 is 5.32 Å². The van der Waals surface area contributed by atoms with E-state index in [1.807, 2.05) is 0 Å². The summed E-state index contributed by atoms with van der Waals surface area (Å²) in [7, 11) is 0. The molecule has 0 saturated heterocycles. The van der Waals surface area contributed by atoms with Crippen LogP contribution in [0.2, 0.25) is 0 Å². The van der Waals surface area contributed by atoms with Gasteiger partial charge in [-0.1, -0.05) is 39.0 Å². The molecular weight excluding hydrogens is 262 g/mol. The van der Waals surface area contributed by atoms with Crippen LogP contribution in [0.1, 0.15) is 51.0 Å². The second-order valence-corrected chi connectivity index (χ2v) is 5.45. The Morgan fingerprint density at radius 2 is 1.90 bits per heavy atom. The summed E-state index contributed by atoms with van der Waals surface area (Å²) in [6, 6.07) is 6.28. The van der Waals surface area contributed by atoms with Gasteiger partial charge in [0.25, 0.3) is 0 Å². The van der Waals surface area contributed by atoms with E-state index in [-0.39, 0.29) is 0 Å². The van der Waals surface area contributed by atoms with Crippen molar-refractivity contribution in [2.75, 3.05) is 11.9 Å². The van der Waals surface area contributed by atoms with Crippen molar-refractivity contribution in [3.8, 4) is 5.69 Å². The Labute approximate surface area is 126 Å². The van der Waals surface area contributed by atoms with E-state index in [1.54, 1.807) is 11.0 Å². The maximum Gasteiger partial charge on any atom is 0.143 e. The number of unbranched alkanes of at least 4 members (excludes halogenated alkanes) is 5. The van der Waals surface area contributed by atoms with E-state index in [0.717, 1.165) is 23.5 Å². The summed E-state index contributed by atoms with van der Waals surface area (Å²) in [5.41, 5.74) is 3.35. The Bertz CT molecular complexity index is 521. The zero-order valence-corrected chi connectivity index (χ0v) is 13.0. The van der Waals surface area contributed by atoms with Crippen LogP contribution in [0, 0.1) is 6.92 Å². The summed E-state index contributed by atoms with van der Waals surface area (Å²) in [6.07, 6.45) is 9.57. The number of tetrazole rings is 1. The lowest BCUT2D eigenvalue weighted by molar-refractivity contribution is 0.617. The van der Waals surface area contributed by atoms with Crippen LogP contribution in [0.25, 0.3) is 5.69 Å². The summed E-state index contributed by atoms with van der Waals surface area (Å²) >= 11 is 0. The van der Waals surface area contributed by atoms with Crippen molar-refractivity contribution in [3.05, 3.63) is 30.1 Å². The van der Waals surface area contributed by atoms with Crippen LogP contribution in [-0.2, 0) is 0 Å². The van der Waals surface area contributed by atoms with Crippen LogP contribution in [0.5, 0.6) is 0 Å². The van der Waals surface area contributed by atoms with E-state index in [2.05, 4.69) is 52.9 Å². The second-order valence-electron chi connectivity index (χ2n) is 5.45. The molecule has 5 nitrogen and oxygen atoms in total. The minimum atomic E-state index is 1.02. The maximum atomic E-state index is 3.92. The number of nitrogens with one attached hydrogen (secondary N) is 1. The van der Waals surface area contributed by atoms with Crippen LogP contribution in [0.4, 0.5) is 5.69 Å². The van der Waals surface area contributed by atoms with Gasteiger partial charge in [0.1, 0.15) is 6.33 Å². The summed E-state index contributed by atoms with van der Waals surface area (Å²) in [4.78, 5) is 0. The van der Waals surface area contributed by atoms with E-state index in [9.17, 15) is 0 Å². The highest BCUT2D eigenvalue weighted by molar-refractivity contribution is 5.53. The molecular formula is C16H25N5. The first-order valence-corrected chi connectivity index (χ1v) is 7.89. The summed E-state index contributed by atoms with van der Waals surface area (Å²) in [6.45, 7) is 5.37. The molecule has 0 aliphatic heterocycles. The average molecular weight is 287 g/mol. The first-order chi connectivity index (χ1) is 10.3. The molecule has 2 aromatic rings. The quantitative estimate of drug-likeness (QED) is 0.714. The topological polar surface area (TPSA) is 55.6 Å². The number of anilines is 1. The van der Waals surface area contributed by atoms with Crippen LogP contribution in [0.15, 0.2) is 24.5 Å². The van der Waals surface area contributed by atoms with Gasteiger partial charge in [0.2, 0.25) is 0 Å². The predicted octanol–water partition coefficient (Wildman–Crippen LogP) is 3.74. The molecule has 0 spiro atoms. The third-order valence-corrected chi connectivity index (χ3v) is 3.65. The van der Waals surface area contributed by atoms with Gasteiger partial charge in [0.15, 0.2) is 0 Å². The van der Waals surface area contributed by atoms with Crippen molar-refractivity contribution in [2.24, 2.45) is 0 Å². The first kappa shape index (κ1) is 15.5. The normalized spacial score (nSPS) is 10.8. The molecule has 1 heterocycles. The zero-order chi connectivity index (χ0) is 14.9. The fraction of sp³-hybridized carbons (Fsp3) is 0.562. The van der Waals surface area contributed by atoms with Crippen LogP contribution >= 0.6 is 0 Å². The molecule has 2 rings (SSSR count). The van der Waals surface area contributed by atoms with Crippen molar-refractivity contribution in [1.82, 2.24) is 20.2 Å². The summed E-state index contributed by atoms with van der Waals surface area (Å²) in [5.74, 6) is 0.